The number of nitrogens with one attached hydrogen (secondary N) is 1. The minimum atomic E-state index is -1.36. The minimum Gasteiger partial charge on any atom is -0.480 e. The maximum Gasteiger partial charge on any atom is 0.409 e. The fraction of sp³-hybridized carbons (Fsp3) is 0.273. The number of aliphatic imine (C=N–C) groups is 1. The zero-order chi connectivity index (χ0) is 22.4. The second-order valence-electron chi connectivity index (χ2n) is 6.91. The van der Waals surface area contributed by atoms with Gasteiger partial charge < -0.3 is 14.6 Å². The van der Waals surface area contributed by atoms with Crippen molar-refractivity contribution < 1.29 is 29.0 Å². The van der Waals surface area contributed by atoms with E-state index in [1.165, 1.54) is 7.11 Å². The number of hydrogen-bond acceptors (Lipinski definition) is 6. The van der Waals surface area contributed by atoms with Crippen LogP contribution in [0.2, 0.25) is 0 Å². The lowest BCUT2D eigenvalue weighted by molar-refractivity contribution is -0.136. The van der Waals surface area contributed by atoms with Crippen LogP contribution in [0.3, 0.4) is 0 Å². The van der Waals surface area contributed by atoms with Gasteiger partial charge in [-0.2, -0.15) is 0 Å². The third kappa shape index (κ3) is 5.26. The van der Waals surface area contributed by atoms with Crippen LogP contribution in [-0.4, -0.2) is 55.2 Å². The van der Waals surface area contributed by atoms with Gasteiger partial charge in [0.15, 0.2) is 0 Å². The van der Waals surface area contributed by atoms with E-state index in [1.807, 2.05) is 18.2 Å². The smallest absolute Gasteiger partial charge is 0.409 e. The van der Waals surface area contributed by atoms with E-state index < -0.39 is 30.7 Å². The van der Waals surface area contributed by atoms with Crippen LogP contribution in [0.15, 0.2) is 53.5 Å². The molecule has 1 atom stereocenters. The van der Waals surface area contributed by atoms with Crippen LogP contribution in [0.25, 0.3) is 0 Å². The molecule has 0 saturated heterocycles. The second kappa shape index (κ2) is 9.86. The number of carboxylic acid groups (broad SMARTS) is 1. The first-order valence-corrected chi connectivity index (χ1v) is 9.56. The number of amides is 2. The fourth-order valence-corrected chi connectivity index (χ4v) is 3.30. The summed E-state index contributed by atoms with van der Waals surface area (Å²) in [6, 6.07) is 14.4. The van der Waals surface area contributed by atoms with E-state index >= 15 is 0 Å². The molecule has 2 aromatic carbocycles. The average molecular weight is 425 g/mol. The molecule has 1 heterocycles. The van der Waals surface area contributed by atoms with E-state index in [-0.39, 0.29) is 13.2 Å². The van der Waals surface area contributed by atoms with Gasteiger partial charge in [-0.3, -0.25) is 24.8 Å². The van der Waals surface area contributed by atoms with E-state index in [0.717, 1.165) is 10.5 Å². The number of rotatable bonds is 7. The molecule has 1 aliphatic heterocycles. The summed E-state index contributed by atoms with van der Waals surface area (Å²) in [7, 11) is 1.48. The van der Waals surface area contributed by atoms with Gasteiger partial charge in [-0.1, -0.05) is 48.5 Å². The highest BCUT2D eigenvalue weighted by Crippen LogP contribution is 2.29. The molecule has 162 valence electrons. The molecular weight excluding hydrogens is 402 g/mol. The lowest BCUT2D eigenvalue weighted by Gasteiger charge is -2.25. The van der Waals surface area contributed by atoms with Gasteiger partial charge in [0.1, 0.15) is 13.2 Å². The Morgan fingerprint density at radius 3 is 2.55 bits per heavy atom. The van der Waals surface area contributed by atoms with E-state index in [9.17, 15) is 19.5 Å². The van der Waals surface area contributed by atoms with Crippen molar-refractivity contribution in [2.45, 2.75) is 19.7 Å². The number of carbonyl (C=O) groups is 3. The van der Waals surface area contributed by atoms with Crippen molar-refractivity contribution in [2.24, 2.45) is 4.99 Å². The normalized spacial score (nSPS) is 15.5. The number of benzene rings is 2. The van der Waals surface area contributed by atoms with Crippen LogP contribution in [0, 0.1) is 6.92 Å². The second-order valence-corrected chi connectivity index (χ2v) is 6.91. The first-order chi connectivity index (χ1) is 14.9. The quantitative estimate of drug-likeness (QED) is 0.702. The summed E-state index contributed by atoms with van der Waals surface area (Å²) in [6.45, 7) is 1.28. The summed E-state index contributed by atoms with van der Waals surface area (Å²) in [5.74, 6) is -1.87. The number of anilines is 1. The van der Waals surface area contributed by atoms with E-state index in [2.05, 4.69) is 10.3 Å². The number of carboxylic acids is 1. The van der Waals surface area contributed by atoms with Crippen LogP contribution >= 0.6 is 0 Å². The number of methoxy groups -OCH3 is 1. The molecule has 0 saturated carbocycles. The van der Waals surface area contributed by atoms with Crippen LogP contribution in [0.5, 0.6) is 0 Å². The van der Waals surface area contributed by atoms with Crippen LogP contribution < -0.4 is 10.2 Å². The number of nitrogens with zero attached hydrogens (tertiary/aromatic N) is 2. The standard InChI is InChI=1S/C22H23N3O6/c1-14-7-6-10-16-17(13-30-2)23-20(21(28)25(19(14)16)11-18(26)27)24-22(29)31-12-15-8-4-3-5-9-15/h3-10,20H,11-13H2,1-2H3,(H,24,29)(H,26,27). The first kappa shape index (κ1) is 22.0. The Morgan fingerprint density at radius 2 is 1.87 bits per heavy atom. The Morgan fingerprint density at radius 1 is 1.13 bits per heavy atom. The van der Waals surface area contributed by atoms with Crippen LogP contribution in [0.4, 0.5) is 10.5 Å². The van der Waals surface area contributed by atoms with Gasteiger partial charge in [0.05, 0.1) is 18.0 Å². The van der Waals surface area contributed by atoms with Crippen molar-refractivity contribution in [1.82, 2.24) is 5.32 Å². The van der Waals surface area contributed by atoms with E-state index in [0.29, 0.717) is 22.5 Å². The maximum atomic E-state index is 13.2. The molecule has 9 nitrogen and oxygen atoms in total. The molecule has 0 bridgehead atoms. The fourth-order valence-electron chi connectivity index (χ4n) is 3.30. The summed E-state index contributed by atoms with van der Waals surface area (Å²) >= 11 is 0. The molecule has 0 fully saturated rings. The van der Waals surface area contributed by atoms with Gasteiger partial charge in [0.2, 0.25) is 6.17 Å². The van der Waals surface area contributed by atoms with Gasteiger partial charge in [-0.05, 0) is 18.1 Å². The van der Waals surface area contributed by atoms with Crippen molar-refractivity contribution in [1.29, 1.82) is 0 Å². The summed E-state index contributed by atoms with van der Waals surface area (Å²) in [5, 5.41) is 11.8. The molecule has 1 unspecified atom stereocenters. The minimum absolute atomic E-state index is 0.0143. The van der Waals surface area contributed by atoms with Crippen molar-refractivity contribution in [3.05, 3.63) is 65.2 Å². The molecule has 31 heavy (non-hydrogen) atoms. The largest absolute Gasteiger partial charge is 0.480 e. The third-order valence-electron chi connectivity index (χ3n) is 4.65. The molecule has 9 heteroatoms. The molecule has 2 aromatic rings. The summed E-state index contributed by atoms with van der Waals surface area (Å²) in [5.41, 5.74) is 2.88. The SMILES string of the molecule is COCC1=NC(NC(=O)OCc2ccccc2)C(=O)N(CC(=O)O)c2c(C)cccc21. The molecule has 3 rings (SSSR count). The highest BCUT2D eigenvalue weighted by atomic mass is 16.5. The van der Waals surface area contributed by atoms with E-state index in [4.69, 9.17) is 9.47 Å². The first-order valence-electron chi connectivity index (χ1n) is 9.56. The zero-order valence-electron chi connectivity index (χ0n) is 17.2. The number of ether oxygens (including phenoxy) is 2. The Kier molecular flexibility index (Phi) is 6.99. The number of benzodiazepines with no additional fused rings is 1. The van der Waals surface area contributed by atoms with Crippen molar-refractivity contribution in [2.75, 3.05) is 25.2 Å². The van der Waals surface area contributed by atoms with Gasteiger partial charge in [-0.15, -0.1) is 0 Å². The summed E-state index contributed by atoms with van der Waals surface area (Å²) in [6.07, 6.45) is -2.21. The number of fused-ring (bicyclic) bond motifs is 1. The van der Waals surface area contributed by atoms with Crippen LogP contribution in [-0.2, 0) is 25.7 Å². The molecule has 0 spiro atoms. The van der Waals surface area contributed by atoms with E-state index in [1.54, 1.807) is 37.3 Å². The highest BCUT2D eigenvalue weighted by molar-refractivity contribution is 6.15. The summed E-state index contributed by atoms with van der Waals surface area (Å²) < 4.78 is 10.4. The molecule has 0 radical (unpaired) electrons. The van der Waals surface area contributed by atoms with Crippen molar-refractivity contribution in [3.8, 4) is 0 Å². The molecule has 1 aliphatic rings. The number of aryl methyl sites for hydroxylation is 1. The monoisotopic (exact) mass is 425 g/mol. The number of alkyl carbamates (subject to hydrolysis) is 1. The Bertz CT molecular complexity index is 1010. The highest BCUT2D eigenvalue weighted by Gasteiger charge is 2.34. The Hall–Kier alpha value is -3.72. The van der Waals surface area contributed by atoms with Crippen LogP contribution in [0.1, 0.15) is 16.7 Å². The predicted molar refractivity (Wildman–Crippen MR) is 113 cm³/mol. The number of hydrogen-bond donors (Lipinski definition) is 2. The zero-order valence-corrected chi connectivity index (χ0v) is 17.2. The lowest BCUT2D eigenvalue weighted by Crippen LogP contribution is -2.49. The Labute approximate surface area is 179 Å². The lowest BCUT2D eigenvalue weighted by atomic mass is 10.0. The average Bonchev–Trinajstić information content (AvgIpc) is 2.84. The maximum absolute atomic E-state index is 13.2. The molecule has 0 aromatic heterocycles. The molecule has 0 aliphatic carbocycles. The molecular formula is C22H23N3O6. The van der Waals surface area contributed by atoms with Crippen molar-refractivity contribution in [3.63, 3.8) is 0 Å². The Balaban J connectivity index is 1.90. The summed E-state index contributed by atoms with van der Waals surface area (Å²) in [4.78, 5) is 42.5. The van der Waals surface area contributed by atoms with Gasteiger partial charge in [0, 0.05) is 12.7 Å². The number of aliphatic carboxylic acids is 1. The number of para-hydroxylation sites is 1. The van der Waals surface area contributed by atoms with Gasteiger partial charge >= 0.3 is 12.1 Å². The van der Waals surface area contributed by atoms with Gasteiger partial charge in [0.25, 0.3) is 5.91 Å². The topological polar surface area (TPSA) is 118 Å². The molecule has 2 N–H and O–H groups in total. The van der Waals surface area contributed by atoms with Gasteiger partial charge in [-0.25, -0.2) is 4.79 Å². The molecule has 2 amide bonds. The predicted octanol–water partition coefficient (Wildman–Crippen LogP) is 2.11. The third-order valence-corrected chi connectivity index (χ3v) is 4.65. The number of carbonyl (C=O) groups excluding carboxylic acids is 2. The van der Waals surface area contributed by atoms with Crippen molar-refractivity contribution >= 4 is 29.4 Å².